The summed E-state index contributed by atoms with van der Waals surface area (Å²) < 4.78 is 5.70. The van der Waals surface area contributed by atoms with E-state index in [0.717, 1.165) is 54.0 Å². The van der Waals surface area contributed by atoms with E-state index in [4.69, 9.17) is 5.73 Å². The van der Waals surface area contributed by atoms with Gasteiger partial charge in [-0.15, -0.1) is 0 Å². The number of para-hydroxylation sites is 1. The van der Waals surface area contributed by atoms with Crippen molar-refractivity contribution in [1.82, 2.24) is 13.9 Å². The normalized spacial score (nSPS) is 11.2. The van der Waals surface area contributed by atoms with E-state index in [-0.39, 0.29) is 5.56 Å². The SMILES string of the molecule is CCCCCc1c(-c2c(C)n(C)n(-c3ccccc3)c2=O)c(C(N)=O)c(C)n1Cc1ccccc1. The van der Waals surface area contributed by atoms with Gasteiger partial charge in [0.2, 0.25) is 0 Å². The lowest BCUT2D eigenvalue weighted by Crippen LogP contribution is -2.21. The molecule has 0 aliphatic heterocycles. The summed E-state index contributed by atoms with van der Waals surface area (Å²) in [5.41, 5.74) is 12.0. The molecular weight excluding hydrogens is 436 g/mol. The van der Waals surface area contributed by atoms with E-state index in [1.807, 2.05) is 74.1 Å². The minimum Gasteiger partial charge on any atom is -0.366 e. The first-order valence-corrected chi connectivity index (χ1v) is 12.3. The van der Waals surface area contributed by atoms with Gasteiger partial charge in [-0.3, -0.25) is 14.3 Å². The number of unbranched alkanes of at least 4 members (excludes halogenated alkanes) is 2. The van der Waals surface area contributed by atoms with Crippen molar-refractivity contribution in [3.8, 4) is 16.8 Å². The number of amides is 1. The van der Waals surface area contributed by atoms with Crippen molar-refractivity contribution in [2.45, 2.75) is 53.0 Å². The van der Waals surface area contributed by atoms with Gasteiger partial charge in [-0.25, -0.2) is 4.68 Å². The fourth-order valence-corrected chi connectivity index (χ4v) is 5.01. The number of hydrogen-bond donors (Lipinski definition) is 1. The van der Waals surface area contributed by atoms with Crippen LogP contribution in [0.4, 0.5) is 0 Å². The lowest BCUT2D eigenvalue weighted by atomic mass is 9.97. The van der Waals surface area contributed by atoms with E-state index in [0.29, 0.717) is 23.2 Å². The molecule has 0 saturated heterocycles. The number of hydrogen-bond acceptors (Lipinski definition) is 2. The summed E-state index contributed by atoms with van der Waals surface area (Å²) in [6, 6.07) is 19.8. The molecule has 2 heterocycles. The molecule has 0 fully saturated rings. The molecular formula is C29H34N4O2. The number of rotatable bonds is 9. The minimum atomic E-state index is -0.505. The summed E-state index contributed by atoms with van der Waals surface area (Å²) in [5.74, 6) is -0.505. The van der Waals surface area contributed by atoms with Gasteiger partial charge in [0.25, 0.3) is 11.5 Å². The molecule has 35 heavy (non-hydrogen) atoms. The van der Waals surface area contributed by atoms with E-state index in [1.165, 1.54) is 0 Å². The molecule has 6 nitrogen and oxygen atoms in total. The Morgan fingerprint density at radius 1 is 0.886 bits per heavy atom. The second kappa shape index (κ2) is 10.2. The van der Waals surface area contributed by atoms with E-state index in [1.54, 1.807) is 4.68 Å². The lowest BCUT2D eigenvalue weighted by Gasteiger charge is -2.13. The number of benzene rings is 2. The second-order valence-electron chi connectivity index (χ2n) is 9.11. The van der Waals surface area contributed by atoms with Crippen molar-refractivity contribution in [1.29, 1.82) is 0 Å². The molecule has 0 aliphatic carbocycles. The first-order valence-electron chi connectivity index (χ1n) is 12.3. The zero-order chi connectivity index (χ0) is 25.1. The predicted molar refractivity (Wildman–Crippen MR) is 141 cm³/mol. The average molecular weight is 471 g/mol. The number of nitrogens with zero attached hydrogens (tertiary/aromatic N) is 3. The summed E-state index contributed by atoms with van der Waals surface area (Å²) in [6.07, 6.45) is 3.90. The molecule has 0 saturated carbocycles. The highest BCUT2D eigenvalue weighted by atomic mass is 16.1. The fourth-order valence-electron chi connectivity index (χ4n) is 5.01. The van der Waals surface area contributed by atoms with E-state index >= 15 is 0 Å². The molecule has 6 heteroatoms. The van der Waals surface area contributed by atoms with Crippen LogP contribution < -0.4 is 11.3 Å². The Bertz CT molecular complexity index is 1390. The quantitative estimate of drug-likeness (QED) is 0.344. The van der Waals surface area contributed by atoms with Crippen LogP contribution in [0.5, 0.6) is 0 Å². The minimum absolute atomic E-state index is 0.146. The van der Waals surface area contributed by atoms with Crippen LogP contribution in [0.15, 0.2) is 65.5 Å². The lowest BCUT2D eigenvalue weighted by molar-refractivity contribution is 0.1000. The van der Waals surface area contributed by atoms with Gasteiger partial charge in [0.1, 0.15) is 0 Å². The average Bonchev–Trinajstić information content (AvgIpc) is 3.24. The zero-order valence-corrected chi connectivity index (χ0v) is 21.0. The Hall–Kier alpha value is -3.80. The smallest absolute Gasteiger partial charge is 0.279 e. The van der Waals surface area contributed by atoms with Crippen molar-refractivity contribution in [2.24, 2.45) is 12.8 Å². The predicted octanol–water partition coefficient (Wildman–Crippen LogP) is 5.14. The molecule has 0 radical (unpaired) electrons. The van der Waals surface area contributed by atoms with Crippen molar-refractivity contribution >= 4 is 5.91 Å². The van der Waals surface area contributed by atoms with Gasteiger partial charge in [-0.1, -0.05) is 68.3 Å². The topological polar surface area (TPSA) is 75.0 Å². The second-order valence-corrected chi connectivity index (χ2v) is 9.11. The number of aromatic nitrogens is 3. The summed E-state index contributed by atoms with van der Waals surface area (Å²) in [4.78, 5) is 26.8. The van der Waals surface area contributed by atoms with Crippen LogP contribution in [0.25, 0.3) is 16.8 Å². The third-order valence-electron chi connectivity index (χ3n) is 6.88. The maximum Gasteiger partial charge on any atom is 0.279 e. The molecule has 0 aliphatic rings. The maximum absolute atomic E-state index is 13.9. The molecule has 2 N–H and O–H groups in total. The highest BCUT2D eigenvalue weighted by Crippen LogP contribution is 2.35. The zero-order valence-electron chi connectivity index (χ0n) is 21.0. The van der Waals surface area contributed by atoms with Gasteiger partial charge >= 0.3 is 0 Å². The van der Waals surface area contributed by atoms with Gasteiger partial charge in [0.15, 0.2) is 0 Å². The standard InChI is InChI=1S/C29H34N4O2/c1-5-6-9-18-24-27(25(28(30)34)21(3)32(24)19-22-14-10-7-11-15-22)26-20(2)31(4)33(29(26)35)23-16-12-8-13-17-23/h7-8,10-17H,5-6,9,18-19H2,1-4H3,(H2,30,34). The van der Waals surface area contributed by atoms with E-state index < -0.39 is 5.91 Å². The Balaban J connectivity index is 2.01. The molecule has 4 aromatic rings. The largest absolute Gasteiger partial charge is 0.366 e. The molecule has 0 spiro atoms. The molecule has 1 amide bonds. The van der Waals surface area contributed by atoms with Gasteiger partial charge in [0, 0.05) is 36.2 Å². The Labute approximate surface area is 206 Å². The van der Waals surface area contributed by atoms with Gasteiger partial charge < -0.3 is 10.3 Å². The number of primary amides is 1. The van der Waals surface area contributed by atoms with E-state index in [9.17, 15) is 9.59 Å². The fraction of sp³-hybridized carbons (Fsp3) is 0.310. The molecule has 2 aromatic heterocycles. The Morgan fingerprint density at radius 3 is 2.11 bits per heavy atom. The first-order chi connectivity index (χ1) is 16.9. The van der Waals surface area contributed by atoms with Gasteiger partial charge in [-0.05, 0) is 44.4 Å². The van der Waals surface area contributed by atoms with E-state index in [2.05, 4.69) is 23.6 Å². The number of carbonyl (C=O) groups is 1. The third-order valence-corrected chi connectivity index (χ3v) is 6.88. The third kappa shape index (κ3) is 4.48. The maximum atomic E-state index is 13.9. The van der Waals surface area contributed by atoms with Crippen LogP contribution in [0.3, 0.4) is 0 Å². The van der Waals surface area contributed by atoms with Crippen molar-refractivity contribution in [3.05, 3.63) is 99.2 Å². The van der Waals surface area contributed by atoms with Crippen LogP contribution >= 0.6 is 0 Å². The Morgan fingerprint density at radius 2 is 1.51 bits per heavy atom. The van der Waals surface area contributed by atoms with Crippen molar-refractivity contribution in [2.75, 3.05) is 0 Å². The van der Waals surface area contributed by atoms with Crippen LogP contribution in [0, 0.1) is 13.8 Å². The van der Waals surface area contributed by atoms with Crippen LogP contribution in [0.1, 0.15) is 59.2 Å². The summed E-state index contributed by atoms with van der Waals surface area (Å²) in [7, 11) is 1.88. The highest BCUT2D eigenvalue weighted by molar-refractivity contribution is 6.02. The molecule has 0 unspecified atom stereocenters. The molecule has 4 rings (SSSR count). The van der Waals surface area contributed by atoms with Crippen molar-refractivity contribution < 1.29 is 4.79 Å². The number of carbonyl (C=O) groups excluding carboxylic acids is 1. The molecule has 182 valence electrons. The molecule has 0 atom stereocenters. The molecule has 2 aromatic carbocycles. The van der Waals surface area contributed by atoms with Crippen LogP contribution in [-0.4, -0.2) is 19.8 Å². The van der Waals surface area contributed by atoms with Gasteiger partial charge in [0.05, 0.1) is 16.8 Å². The summed E-state index contributed by atoms with van der Waals surface area (Å²) >= 11 is 0. The van der Waals surface area contributed by atoms with Crippen LogP contribution in [0.2, 0.25) is 0 Å². The van der Waals surface area contributed by atoms with Crippen molar-refractivity contribution in [3.63, 3.8) is 0 Å². The Kier molecular flexibility index (Phi) is 7.10. The monoisotopic (exact) mass is 470 g/mol. The number of nitrogens with two attached hydrogens (primary N) is 1. The van der Waals surface area contributed by atoms with Gasteiger partial charge in [-0.2, -0.15) is 0 Å². The first kappa shape index (κ1) is 24.3. The summed E-state index contributed by atoms with van der Waals surface area (Å²) in [6.45, 7) is 6.65. The van der Waals surface area contributed by atoms with Crippen LogP contribution in [-0.2, 0) is 20.0 Å². The highest BCUT2D eigenvalue weighted by Gasteiger charge is 2.30. The molecule has 0 bridgehead atoms. The summed E-state index contributed by atoms with van der Waals surface area (Å²) in [5, 5.41) is 0.